The van der Waals surface area contributed by atoms with E-state index in [4.69, 9.17) is 11.6 Å². The molecular formula is C19H24ClN3. The molecule has 0 aromatic heterocycles. The van der Waals surface area contributed by atoms with Gasteiger partial charge in [-0.3, -0.25) is 0 Å². The summed E-state index contributed by atoms with van der Waals surface area (Å²) in [7, 11) is 4.07. The summed E-state index contributed by atoms with van der Waals surface area (Å²) in [5, 5.41) is 0.692. The van der Waals surface area contributed by atoms with Gasteiger partial charge >= 0.3 is 0 Å². The van der Waals surface area contributed by atoms with Gasteiger partial charge in [0.1, 0.15) is 0 Å². The van der Waals surface area contributed by atoms with Crippen LogP contribution in [0.5, 0.6) is 0 Å². The van der Waals surface area contributed by atoms with Crippen molar-refractivity contribution in [2.45, 2.75) is 20.8 Å². The van der Waals surface area contributed by atoms with Gasteiger partial charge in [0.25, 0.3) is 0 Å². The van der Waals surface area contributed by atoms with Crippen LogP contribution in [0, 0.1) is 13.8 Å². The lowest BCUT2D eigenvalue weighted by Gasteiger charge is -2.24. The van der Waals surface area contributed by atoms with Gasteiger partial charge in [-0.25, -0.2) is 4.99 Å². The Hall–Kier alpha value is -2.00. The van der Waals surface area contributed by atoms with Crippen LogP contribution in [0.1, 0.15) is 18.1 Å². The third-order valence-corrected chi connectivity index (χ3v) is 4.27. The Morgan fingerprint density at radius 3 is 2.43 bits per heavy atom. The standard InChI is InChI=1S/C19H24ClN3/c1-6-22(4)13-21-17-11-16(20)12-19(15(17)3)23(5)18-10-8-7-9-14(18)2/h7-13H,6H2,1-5H3/b21-13-. The van der Waals surface area contributed by atoms with Gasteiger partial charge in [0.05, 0.1) is 12.0 Å². The highest BCUT2D eigenvalue weighted by atomic mass is 35.5. The van der Waals surface area contributed by atoms with Gasteiger partial charge in [-0.1, -0.05) is 29.8 Å². The minimum atomic E-state index is 0.692. The second-order valence-electron chi connectivity index (χ2n) is 5.73. The molecule has 0 saturated carbocycles. The van der Waals surface area contributed by atoms with Gasteiger partial charge < -0.3 is 9.80 Å². The number of benzene rings is 2. The van der Waals surface area contributed by atoms with E-state index in [2.05, 4.69) is 49.8 Å². The summed E-state index contributed by atoms with van der Waals surface area (Å²) in [6, 6.07) is 12.2. The number of hydrogen-bond acceptors (Lipinski definition) is 2. The highest BCUT2D eigenvalue weighted by Crippen LogP contribution is 2.36. The third kappa shape index (κ3) is 4.05. The largest absolute Gasteiger partial charge is 0.366 e. The van der Waals surface area contributed by atoms with Gasteiger partial charge in [-0.2, -0.15) is 0 Å². The van der Waals surface area contributed by atoms with E-state index in [1.54, 1.807) is 0 Å². The maximum absolute atomic E-state index is 6.33. The van der Waals surface area contributed by atoms with Crippen molar-refractivity contribution in [1.82, 2.24) is 4.90 Å². The summed E-state index contributed by atoms with van der Waals surface area (Å²) in [5.41, 5.74) is 5.47. The summed E-state index contributed by atoms with van der Waals surface area (Å²) >= 11 is 6.33. The molecule has 2 aromatic rings. The Morgan fingerprint density at radius 1 is 1.09 bits per heavy atom. The van der Waals surface area contributed by atoms with Crippen molar-refractivity contribution in [3.63, 3.8) is 0 Å². The number of hydrogen-bond donors (Lipinski definition) is 0. The van der Waals surface area contributed by atoms with Gasteiger partial charge in [0.15, 0.2) is 0 Å². The number of aryl methyl sites for hydroxylation is 1. The van der Waals surface area contributed by atoms with Gasteiger partial charge in [0, 0.05) is 37.0 Å². The molecule has 4 heteroatoms. The van der Waals surface area contributed by atoms with Crippen LogP contribution >= 0.6 is 11.6 Å². The highest BCUT2D eigenvalue weighted by molar-refractivity contribution is 6.31. The molecule has 0 unspecified atom stereocenters. The molecule has 0 aliphatic carbocycles. The number of para-hydroxylation sites is 1. The molecule has 0 spiro atoms. The van der Waals surface area contributed by atoms with E-state index >= 15 is 0 Å². The fourth-order valence-electron chi connectivity index (χ4n) is 2.45. The molecule has 0 heterocycles. The summed E-state index contributed by atoms with van der Waals surface area (Å²) in [5.74, 6) is 0. The Morgan fingerprint density at radius 2 is 1.78 bits per heavy atom. The van der Waals surface area contributed by atoms with Crippen molar-refractivity contribution < 1.29 is 0 Å². The second-order valence-corrected chi connectivity index (χ2v) is 6.17. The quantitative estimate of drug-likeness (QED) is 0.545. The molecule has 0 amide bonds. The van der Waals surface area contributed by atoms with Crippen molar-refractivity contribution in [2.75, 3.05) is 25.5 Å². The predicted molar refractivity (Wildman–Crippen MR) is 102 cm³/mol. The first-order valence-corrected chi connectivity index (χ1v) is 8.15. The Bertz CT molecular complexity index is 710. The van der Waals surface area contributed by atoms with Crippen LogP contribution in [0.2, 0.25) is 5.02 Å². The molecule has 0 atom stereocenters. The molecule has 0 bridgehead atoms. The van der Waals surface area contributed by atoms with Crippen molar-refractivity contribution in [2.24, 2.45) is 4.99 Å². The van der Waals surface area contributed by atoms with Crippen molar-refractivity contribution >= 4 is 35.0 Å². The van der Waals surface area contributed by atoms with E-state index in [-0.39, 0.29) is 0 Å². The van der Waals surface area contributed by atoms with E-state index in [1.165, 1.54) is 11.3 Å². The van der Waals surface area contributed by atoms with Crippen LogP contribution in [0.15, 0.2) is 41.4 Å². The molecule has 2 aromatic carbocycles. The summed E-state index contributed by atoms with van der Waals surface area (Å²) < 4.78 is 0. The fourth-order valence-corrected chi connectivity index (χ4v) is 2.65. The van der Waals surface area contributed by atoms with Crippen LogP contribution in [0.25, 0.3) is 0 Å². The van der Waals surface area contributed by atoms with Crippen molar-refractivity contribution in [1.29, 1.82) is 0 Å². The molecule has 0 aliphatic heterocycles. The van der Waals surface area contributed by atoms with Crippen LogP contribution in [-0.4, -0.2) is 31.9 Å². The molecule has 0 saturated heterocycles. The molecule has 23 heavy (non-hydrogen) atoms. The Kier molecular flexibility index (Phi) is 5.67. The number of aliphatic imine (C=N–C) groups is 1. The smallest absolute Gasteiger partial charge is 0.0909 e. The maximum Gasteiger partial charge on any atom is 0.0909 e. The first-order valence-electron chi connectivity index (χ1n) is 7.78. The molecule has 0 N–H and O–H groups in total. The van der Waals surface area contributed by atoms with E-state index in [0.29, 0.717) is 5.02 Å². The van der Waals surface area contributed by atoms with Crippen LogP contribution in [0.3, 0.4) is 0 Å². The molecule has 2 rings (SSSR count). The summed E-state index contributed by atoms with van der Waals surface area (Å²) in [4.78, 5) is 8.78. The average molecular weight is 330 g/mol. The first-order chi connectivity index (χ1) is 10.9. The van der Waals surface area contributed by atoms with E-state index in [1.807, 2.05) is 42.6 Å². The minimum absolute atomic E-state index is 0.692. The van der Waals surface area contributed by atoms with E-state index < -0.39 is 0 Å². The van der Waals surface area contributed by atoms with Crippen LogP contribution in [0.4, 0.5) is 17.1 Å². The number of rotatable bonds is 5. The number of halogens is 1. The topological polar surface area (TPSA) is 18.8 Å². The second kappa shape index (κ2) is 7.51. The van der Waals surface area contributed by atoms with Crippen molar-refractivity contribution in [3.05, 3.63) is 52.5 Å². The summed E-state index contributed by atoms with van der Waals surface area (Å²) in [6.45, 7) is 7.20. The van der Waals surface area contributed by atoms with Crippen LogP contribution in [-0.2, 0) is 0 Å². The van der Waals surface area contributed by atoms with E-state index in [9.17, 15) is 0 Å². The molecule has 0 fully saturated rings. The van der Waals surface area contributed by atoms with Gasteiger partial charge in [0.2, 0.25) is 0 Å². The number of anilines is 2. The molecule has 3 nitrogen and oxygen atoms in total. The van der Waals surface area contributed by atoms with Crippen LogP contribution < -0.4 is 4.90 Å². The molecule has 122 valence electrons. The zero-order valence-corrected chi connectivity index (χ0v) is 15.2. The maximum atomic E-state index is 6.33. The van der Waals surface area contributed by atoms with Gasteiger partial charge in [-0.15, -0.1) is 0 Å². The molecule has 0 aliphatic rings. The first kappa shape index (κ1) is 17.4. The Labute approximate surface area is 144 Å². The summed E-state index contributed by atoms with van der Waals surface area (Å²) in [6.07, 6.45) is 1.84. The van der Waals surface area contributed by atoms with Gasteiger partial charge in [-0.05, 0) is 50.1 Å². The van der Waals surface area contributed by atoms with E-state index in [0.717, 1.165) is 23.5 Å². The zero-order chi connectivity index (χ0) is 17.0. The zero-order valence-electron chi connectivity index (χ0n) is 14.5. The minimum Gasteiger partial charge on any atom is -0.366 e. The lowest BCUT2D eigenvalue weighted by Crippen LogP contribution is -2.14. The third-order valence-electron chi connectivity index (χ3n) is 4.05. The Balaban J connectivity index is 2.45. The average Bonchev–Trinajstić information content (AvgIpc) is 2.54. The lowest BCUT2D eigenvalue weighted by molar-refractivity contribution is 0.552. The molecule has 0 radical (unpaired) electrons. The fraction of sp³-hybridized carbons (Fsp3) is 0.316. The SMILES string of the molecule is CCN(C)/C=N\c1cc(Cl)cc(N(C)c2ccccc2C)c1C. The van der Waals surface area contributed by atoms with Crippen molar-refractivity contribution in [3.8, 4) is 0 Å². The molecular weight excluding hydrogens is 306 g/mol. The monoisotopic (exact) mass is 329 g/mol. The lowest BCUT2D eigenvalue weighted by atomic mass is 10.1. The normalized spacial score (nSPS) is 11.0. The number of nitrogens with zero attached hydrogens (tertiary/aromatic N) is 3. The highest BCUT2D eigenvalue weighted by Gasteiger charge is 2.13. The predicted octanol–water partition coefficient (Wildman–Crippen LogP) is 5.34.